The van der Waals surface area contributed by atoms with Crippen LogP contribution in [0, 0.1) is 5.92 Å². The monoisotopic (exact) mass is 267 g/mol. The van der Waals surface area contributed by atoms with Gasteiger partial charge in [0.2, 0.25) is 11.8 Å². The van der Waals surface area contributed by atoms with Crippen LogP contribution in [0.4, 0.5) is 0 Å². The summed E-state index contributed by atoms with van der Waals surface area (Å²) < 4.78 is 0. The molecule has 2 amide bonds. The van der Waals surface area contributed by atoms with Crippen molar-refractivity contribution < 1.29 is 9.59 Å². The first-order valence-corrected chi connectivity index (χ1v) is 7.48. The van der Waals surface area contributed by atoms with Crippen LogP contribution in [0.5, 0.6) is 0 Å². The summed E-state index contributed by atoms with van der Waals surface area (Å²) in [5, 5.41) is 2.97. The number of carbonyl (C=O) groups is 2. The summed E-state index contributed by atoms with van der Waals surface area (Å²) >= 11 is 0. The van der Waals surface area contributed by atoms with E-state index in [1.807, 2.05) is 0 Å². The van der Waals surface area contributed by atoms with Gasteiger partial charge in [-0.1, -0.05) is 12.8 Å². The van der Waals surface area contributed by atoms with Crippen molar-refractivity contribution in [3.8, 4) is 0 Å². The van der Waals surface area contributed by atoms with E-state index in [9.17, 15) is 9.59 Å². The van der Waals surface area contributed by atoms with Crippen molar-refractivity contribution in [2.75, 3.05) is 19.6 Å². The third-order valence-electron chi connectivity index (χ3n) is 4.05. The Hall–Kier alpha value is -1.10. The molecule has 2 rings (SSSR count). The van der Waals surface area contributed by atoms with E-state index < -0.39 is 0 Å². The lowest BCUT2D eigenvalue weighted by Crippen LogP contribution is -2.47. The van der Waals surface area contributed by atoms with Gasteiger partial charge in [-0.15, -0.1) is 0 Å². The molecule has 0 bridgehead atoms. The molecular formula is C14H25N3O2. The molecule has 19 heavy (non-hydrogen) atoms. The molecule has 2 fully saturated rings. The normalized spacial score (nSPS) is 22.6. The second kappa shape index (κ2) is 6.89. The summed E-state index contributed by atoms with van der Waals surface area (Å²) in [6, 6.07) is 0.0948. The van der Waals surface area contributed by atoms with E-state index in [0.717, 1.165) is 38.5 Å². The van der Waals surface area contributed by atoms with E-state index in [0.29, 0.717) is 25.4 Å². The maximum absolute atomic E-state index is 12.0. The Morgan fingerprint density at radius 2 is 2.05 bits per heavy atom. The van der Waals surface area contributed by atoms with Crippen LogP contribution in [0.1, 0.15) is 44.9 Å². The van der Waals surface area contributed by atoms with Crippen LogP contribution in [0.25, 0.3) is 0 Å². The van der Waals surface area contributed by atoms with Gasteiger partial charge < -0.3 is 16.0 Å². The second-order valence-corrected chi connectivity index (χ2v) is 5.73. The highest BCUT2D eigenvalue weighted by Crippen LogP contribution is 2.32. The van der Waals surface area contributed by atoms with Gasteiger partial charge in [-0.3, -0.25) is 9.59 Å². The predicted octanol–water partition coefficient (Wildman–Crippen LogP) is 0.633. The fourth-order valence-electron chi connectivity index (χ4n) is 2.68. The number of rotatable bonds is 5. The minimum atomic E-state index is -0.0590. The molecule has 5 nitrogen and oxygen atoms in total. The van der Waals surface area contributed by atoms with E-state index in [-0.39, 0.29) is 24.4 Å². The van der Waals surface area contributed by atoms with Gasteiger partial charge in [-0.05, 0) is 31.6 Å². The highest BCUT2D eigenvalue weighted by molar-refractivity contribution is 5.85. The highest BCUT2D eigenvalue weighted by Gasteiger charge is 2.31. The summed E-state index contributed by atoms with van der Waals surface area (Å²) in [5.41, 5.74) is 5.67. The largest absolute Gasteiger partial charge is 0.350 e. The average Bonchev–Trinajstić information content (AvgIpc) is 3.20. The molecule has 1 unspecified atom stereocenters. The Labute approximate surface area is 114 Å². The summed E-state index contributed by atoms with van der Waals surface area (Å²) in [6.45, 7) is 1.40. The van der Waals surface area contributed by atoms with Gasteiger partial charge in [-0.2, -0.15) is 0 Å². The van der Waals surface area contributed by atoms with Crippen molar-refractivity contribution in [1.29, 1.82) is 0 Å². The van der Waals surface area contributed by atoms with Gasteiger partial charge in [0.05, 0.1) is 6.54 Å². The fourth-order valence-corrected chi connectivity index (χ4v) is 2.68. The first-order chi connectivity index (χ1) is 9.20. The molecule has 1 saturated heterocycles. The zero-order valence-electron chi connectivity index (χ0n) is 11.6. The van der Waals surface area contributed by atoms with Crippen molar-refractivity contribution in [2.45, 2.75) is 51.0 Å². The second-order valence-electron chi connectivity index (χ2n) is 5.73. The maximum Gasteiger partial charge on any atom is 0.239 e. The Morgan fingerprint density at radius 3 is 2.74 bits per heavy atom. The molecule has 5 heteroatoms. The molecule has 0 spiro atoms. The van der Waals surface area contributed by atoms with E-state index >= 15 is 0 Å². The minimum absolute atomic E-state index is 0.0590. The SMILES string of the molecule is NCC(NC(=O)CN1CCCCCCC1=O)C1CC1. The average molecular weight is 267 g/mol. The van der Waals surface area contributed by atoms with Gasteiger partial charge >= 0.3 is 0 Å². The molecule has 1 aliphatic heterocycles. The summed E-state index contributed by atoms with van der Waals surface area (Å²) in [6.07, 6.45) is 7.12. The van der Waals surface area contributed by atoms with Crippen molar-refractivity contribution in [2.24, 2.45) is 11.7 Å². The van der Waals surface area contributed by atoms with Crippen molar-refractivity contribution in [3.63, 3.8) is 0 Å². The summed E-state index contributed by atoms with van der Waals surface area (Å²) in [7, 11) is 0. The molecule has 0 aromatic heterocycles. The molecule has 1 saturated carbocycles. The lowest BCUT2D eigenvalue weighted by molar-refractivity contribution is -0.136. The van der Waals surface area contributed by atoms with Crippen LogP contribution in [0.2, 0.25) is 0 Å². The topological polar surface area (TPSA) is 75.4 Å². The molecule has 3 N–H and O–H groups in total. The molecule has 1 atom stereocenters. The third kappa shape index (κ3) is 4.49. The van der Waals surface area contributed by atoms with Crippen LogP contribution in [0.15, 0.2) is 0 Å². The number of likely N-dealkylation sites (tertiary alicyclic amines) is 1. The number of carbonyl (C=O) groups excluding carboxylic acids is 2. The van der Waals surface area contributed by atoms with E-state index in [1.54, 1.807) is 4.90 Å². The van der Waals surface area contributed by atoms with E-state index in [1.165, 1.54) is 0 Å². The number of nitrogens with one attached hydrogen (secondary N) is 1. The Kier molecular flexibility index (Phi) is 5.19. The third-order valence-corrected chi connectivity index (χ3v) is 4.05. The van der Waals surface area contributed by atoms with Crippen LogP contribution in [-0.4, -0.2) is 42.4 Å². The quantitative estimate of drug-likeness (QED) is 0.767. The molecule has 0 radical (unpaired) electrons. The molecule has 2 aliphatic rings. The molecule has 1 aliphatic carbocycles. The molecule has 0 aromatic carbocycles. The Balaban J connectivity index is 1.80. The highest BCUT2D eigenvalue weighted by atomic mass is 16.2. The molecule has 1 heterocycles. The number of nitrogens with zero attached hydrogens (tertiary/aromatic N) is 1. The lowest BCUT2D eigenvalue weighted by Gasteiger charge is -2.25. The van der Waals surface area contributed by atoms with Crippen molar-refractivity contribution in [1.82, 2.24) is 10.2 Å². The fraction of sp³-hybridized carbons (Fsp3) is 0.857. The van der Waals surface area contributed by atoms with Crippen LogP contribution in [-0.2, 0) is 9.59 Å². The first kappa shape index (κ1) is 14.3. The lowest BCUT2D eigenvalue weighted by atomic mass is 10.1. The first-order valence-electron chi connectivity index (χ1n) is 7.48. The zero-order chi connectivity index (χ0) is 13.7. The van der Waals surface area contributed by atoms with Gasteiger partial charge in [0, 0.05) is 25.6 Å². The van der Waals surface area contributed by atoms with Crippen molar-refractivity contribution in [3.05, 3.63) is 0 Å². The summed E-state index contributed by atoms with van der Waals surface area (Å²) in [4.78, 5) is 25.6. The van der Waals surface area contributed by atoms with Crippen molar-refractivity contribution >= 4 is 11.8 Å². The molecule has 108 valence electrons. The molecular weight excluding hydrogens is 242 g/mol. The number of nitrogens with two attached hydrogens (primary N) is 1. The number of hydrogen-bond donors (Lipinski definition) is 2. The van der Waals surface area contributed by atoms with Crippen LogP contribution in [0.3, 0.4) is 0 Å². The smallest absolute Gasteiger partial charge is 0.239 e. The van der Waals surface area contributed by atoms with Gasteiger partial charge in [-0.25, -0.2) is 0 Å². The number of hydrogen-bond acceptors (Lipinski definition) is 3. The Morgan fingerprint density at radius 1 is 1.32 bits per heavy atom. The standard InChI is InChI=1S/C14H25N3O2/c15-9-12(11-6-7-11)16-13(18)10-17-8-4-2-1-3-5-14(17)19/h11-12H,1-10,15H2,(H,16,18). The van der Waals surface area contributed by atoms with Gasteiger partial charge in [0.15, 0.2) is 0 Å². The minimum Gasteiger partial charge on any atom is -0.350 e. The Bertz CT molecular complexity index is 329. The molecule has 0 aromatic rings. The van der Waals surface area contributed by atoms with Crippen LogP contribution < -0.4 is 11.1 Å². The van der Waals surface area contributed by atoms with E-state index in [2.05, 4.69) is 5.32 Å². The zero-order valence-corrected chi connectivity index (χ0v) is 11.6. The van der Waals surface area contributed by atoms with Gasteiger partial charge in [0.25, 0.3) is 0 Å². The van der Waals surface area contributed by atoms with Crippen LogP contribution >= 0.6 is 0 Å². The maximum atomic E-state index is 12.0. The van der Waals surface area contributed by atoms with Gasteiger partial charge in [0.1, 0.15) is 0 Å². The predicted molar refractivity (Wildman–Crippen MR) is 73.4 cm³/mol. The summed E-state index contributed by atoms with van der Waals surface area (Å²) in [5.74, 6) is 0.610. The van der Waals surface area contributed by atoms with E-state index in [4.69, 9.17) is 5.73 Å². The number of amides is 2.